The molecule has 0 spiro atoms. The van der Waals surface area contributed by atoms with Crippen molar-refractivity contribution in [3.05, 3.63) is 53.9 Å². The van der Waals surface area contributed by atoms with Gasteiger partial charge in [0.25, 0.3) is 0 Å². The second kappa shape index (κ2) is 13.7. The molecule has 4 rings (SSSR count). The lowest BCUT2D eigenvalue weighted by Crippen LogP contribution is -2.24. The van der Waals surface area contributed by atoms with Crippen LogP contribution in [0, 0.1) is 0 Å². The van der Waals surface area contributed by atoms with Crippen molar-refractivity contribution in [3.8, 4) is 17.0 Å². The third-order valence-electron chi connectivity index (χ3n) is 7.40. The van der Waals surface area contributed by atoms with Crippen LogP contribution in [0.3, 0.4) is 0 Å². The number of rotatable bonds is 13. The van der Waals surface area contributed by atoms with Gasteiger partial charge in [-0.25, -0.2) is 14.8 Å². The molecule has 1 N–H and O–H groups in total. The number of carboxylic acid groups (broad SMARTS) is 1. The fourth-order valence-electron chi connectivity index (χ4n) is 5.44. The third kappa shape index (κ3) is 8.26. The lowest BCUT2D eigenvalue weighted by molar-refractivity contribution is -0.137. The minimum Gasteiger partial charge on any atom is -0.494 e. The van der Waals surface area contributed by atoms with E-state index in [0.29, 0.717) is 18.1 Å². The van der Waals surface area contributed by atoms with Crippen LogP contribution in [0.4, 0.5) is 0 Å². The fourth-order valence-corrected chi connectivity index (χ4v) is 5.44. The highest BCUT2D eigenvalue weighted by Crippen LogP contribution is 2.39. The van der Waals surface area contributed by atoms with E-state index >= 15 is 0 Å². The van der Waals surface area contributed by atoms with Crippen LogP contribution in [0.1, 0.15) is 113 Å². The van der Waals surface area contributed by atoms with Crippen molar-refractivity contribution in [1.29, 1.82) is 0 Å². The zero-order chi connectivity index (χ0) is 28.5. The van der Waals surface area contributed by atoms with Crippen LogP contribution in [0.5, 0.6) is 5.75 Å². The maximum absolute atomic E-state index is 13.1. The van der Waals surface area contributed by atoms with Gasteiger partial charge in [-0.05, 0) is 82.2 Å². The van der Waals surface area contributed by atoms with Crippen LogP contribution in [0.25, 0.3) is 22.2 Å². The second-order valence-electron chi connectivity index (χ2n) is 11.8. The molecule has 40 heavy (non-hydrogen) atoms. The van der Waals surface area contributed by atoms with Gasteiger partial charge >= 0.3 is 11.9 Å². The first-order valence-electron chi connectivity index (χ1n) is 14.7. The average Bonchev–Trinajstić information content (AvgIpc) is 3.45. The standard InChI is InChI=1S/C33H42N2O5/c1-33(2,3)40-32(38)26-17-15-24(20-28(26)23-12-9-10-13-23)31-27-18-16-25(21-29(27)34-22-35-31)39-19-11-7-5-4-6-8-14-30(36)37/h15-18,20-23H,4-14,19H2,1-3H3,(H,36,37). The SMILES string of the molecule is CC(C)(C)OC(=O)c1ccc(-c2ncnc3cc(OCCCCCCCCC(=O)O)ccc23)cc1C1CCCC1. The smallest absolute Gasteiger partial charge is 0.338 e. The first-order chi connectivity index (χ1) is 19.2. The molecule has 0 unspecified atom stereocenters. The molecule has 0 atom stereocenters. The number of hydrogen-bond acceptors (Lipinski definition) is 6. The quantitative estimate of drug-likeness (QED) is 0.171. The van der Waals surface area contributed by atoms with E-state index in [-0.39, 0.29) is 12.4 Å². The highest BCUT2D eigenvalue weighted by atomic mass is 16.6. The van der Waals surface area contributed by atoms with Gasteiger partial charge in [-0.15, -0.1) is 0 Å². The second-order valence-corrected chi connectivity index (χ2v) is 11.8. The van der Waals surface area contributed by atoms with Crippen molar-refractivity contribution < 1.29 is 24.2 Å². The van der Waals surface area contributed by atoms with Crippen molar-refractivity contribution in [2.45, 2.75) is 103 Å². The Balaban J connectivity index is 1.44. The first-order valence-corrected chi connectivity index (χ1v) is 14.7. The number of nitrogens with zero attached hydrogens (tertiary/aromatic N) is 2. The Morgan fingerprint density at radius 3 is 2.38 bits per heavy atom. The summed E-state index contributed by atoms with van der Waals surface area (Å²) in [6.45, 7) is 6.32. The fraction of sp³-hybridized carbons (Fsp3) is 0.515. The number of carboxylic acids is 1. The molecule has 0 saturated heterocycles. The van der Waals surface area contributed by atoms with Gasteiger partial charge in [0.1, 0.15) is 17.7 Å². The average molecular weight is 547 g/mol. The largest absolute Gasteiger partial charge is 0.494 e. The molecule has 1 aliphatic rings. The number of fused-ring (bicyclic) bond motifs is 1. The van der Waals surface area contributed by atoms with Gasteiger partial charge in [0, 0.05) is 23.4 Å². The summed E-state index contributed by atoms with van der Waals surface area (Å²) in [5, 5.41) is 9.65. The van der Waals surface area contributed by atoms with Crippen molar-refractivity contribution in [3.63, 3.8) is 0 Å². The van der Waals surface area contributed by atoms with E-state index in [0.717, 1.165) is 84.8 Å². The predicted octanol–water partition coefficient (Wildman–Crippen LogP) is 8.10. The molecule has 0 amide bonds. The Morgan fingerprint density at radius 2 is 1.65 bits per heavy atom. The summed E-state index contributed by atoms with van der Waals surface area (Å²) in [5.74, 6) is 0.144. The molecular formula is C33H42N2O5. The number of aromatic nitrogens is 2. The molecule has 1 fully saturated rings. The number of benzene rings is 2. The van der Waals surface area contributed by atoms with Gasteiger partial charge in [-0.1, -0.05) is 44.6 Å². The normalized spacial score (nSPS) is 14.0. The number of carbonyl (C=O) groups excluding carboxylic acids is 1. The Hall–Kier alpha value is -3.48. The highest BCUT2D eigenvalue weighted by molar-refractivity contribution is 5.95. The Kier molecular flexibility index (Phi) is 10.1. The predicted molar refractivity (Wildman–Crippen MR) is 157 cm³/mol. The lowest BCUT2D eigenvalue weighted by atomic mass is 9.90. The van der Waals surface area contributed by atoms with E-state index in [4.69, 9.17) is 14.6 Å². The molecular weight excluding hydrogens is 504 g/mol. The van der Waals surface area contributed by atoms with Crippen molar-refractivity contribution in [2.24, 2.45) is 0 Å². The highest BCUT2D eigenvalue weighted by Gasteiger charge is 2.26. The van der Waals surface area contributed by atoms with Gasteiger partial charge in [0.2, 0.25) is 0 Å². The minimum absolute atomic E-state index is 0.259. The summed E-state index contributed by atoms with van der Waals surface area (Å²) in [6.07, 6.45) is 12.2. The van der Waals surface area contributed by atoms with Crippen LogP contribution < -0.4 is 4.74 Å². The monoisotopic (exact) mass is 546 g/mol. The van der Waals surface area contributed by atoms with E-state index in [1.165, 1.54) is 12.8 Å². The first kappa shape index (κ1) is 29.5. The van der Waals surface area contributed by atoms with Gasteiger partial charge in [0.05, 0.1) is 23.4 Å². The number of unbranched alkanes of at least 4 members (excludes halogenated alkanes) is 5. The maximum atomic E-state index is 13.1. The van der Waals surface area contributed by atoms with Crippen LogP contribution in [-0.4, -0.2) is 39.2 Å². The molecule has 7 nitrogen and oxygen atoms in total. The summed E-state index contributed by atoms with van der Waals surface area (Å²) >= 11 is 0. The summed E-state index contributed by atoms with van der Waals surface area (Å²) in [5.41, 5.74) is 3.79. The van der Waals surface area contributed by atoms with Crippen LogP contribution in [0.15, 0.2) is 42.7 Å². The van der Waals surface area contributed by atoms with E-state index in [2.05, 4.69) is 16.0 Å². The van der Waals surface area contributed by atoms with E-state index in [9.17, 15) is 9.59 Å². The van der Waals surface area contributed by atoms with Crippen LogP contribution in [-0.2, 0) is 9.53 Å². The van der Waals surface area contributed by atoms with Crippen molar-refractivity contribution in [1.82, 2.24) is 9.97 Å². The third-order valence-corrected chi connectivity index (χ3v) is 7.40. The summed E-state index contributed by atoms with van der Waals surface area (Å²) in [4.78, 5) is 32.8. The molecule has 0 aliphatic heterocycles. The van der Waals surface area contributed by atoms with Gasteiger partial charge in [-0.2, -0.15) is 0 Å². The lowest BCUT2D eigenvalue weighted by Gasteiger charge is -2.22. The molecule has 1 heterocycles. The number of carbonyl (C=O) groups is 2. The molecule has 214 valence electrons. The molecule has 1 saturated carbocycles. The Bertz CT molecular complexity index is 1310. The zero-order valence-corrected chi connectivity index (χ0v) is 24.1. The maximum Gasteiger partial charge on any atom is 0.338 e. The Morgan fingerprint density at radius 1 is 0.925 bits per heavy atom. The summed E-state index contributed by atoms with van der Waals surface area (Å²) in [7, 11) is 0. The molecule has 3 aromatic rings. The minimum atomic E-state index is -0.717. The van der Waals surface area contributed by atoms with E-state index in [1.807, 2.05) is 51.1 Å². The van der Waals surface area contributed by atoms with Crippen LogP contribution >= 0.6 is 0 Å². The summed E-state index contributed by atoms with van der Waals surface area (Å²) in [6, 6.07) is 11.9. The van der Waals surface area contributed by atoms with E-state index < -0.39 is 11.6 Å². The van der Waals surface area contributed by atoms with E-state index in [1.54, 1.807) is 6.33 Å². The molecule has 0 radical (unpaired) electrons. The number of esters is 1. The van der Waals surface area contributed by atoms with Gasteiger partial charge < -0.3 is 14.6 Å². The molecule has 7 heteroatoms. The summed E-state index contributed by atoms with van der Waals surface area (Å²) < 4.78 is 11.7. The zero-order valence-electron chi connectivity index (χ0n) is 24.1. The number of hydrogen-bond donors (Lipinski definition) is 1. The topological polar surface area (TPSA) is 98.6 Å². The van der Waals surface area contributed by atoms with Crippen LogP contribution in [0.2, 0.25) is 0 Å². The molecule has 1 aromatic heterocycles. The van der Waals surface area contributed by atoms with Crippen molar-refractivity contribution >= 4 is 22.8 Å². The molecule has 0 bridgehead atoms. The van der Waals surface area contributed by atoms with Gasteiger partial charge in [0.15, 0.2) is 0 Å². The molecule has 2 aromatic carbocycles. The van der Waals surface area contributed by atoms with Gasteiger partial charge in [-0.3, -0.25) is 4.79 Å². The van der Waals surface area contributed by atoms with Crippen molar-refractivity contribution in [2.75, 3.05) is 6.61 Å². The number of aliphatic carboxylic acids is 1. The number of ether oxygens (including phenoxy) is 2. The Labute approximate surface area is 237 Å². The molecule has 1 aliphatic carbocycles.